The first kappa shape index (κ1) is 8.69. The maximum atomic E-state index is 11.7. The van der Waals surface area contributed by atoms with Gasteiger partial charge in [-0.05, 0) is 25.0 Å². The van der Waals surface area contributed by atoms with Crippen LogP contribution in [-0.2, 0) is 10.8 Å². The number of carbonyl (C=O) groups is 1. The number of nitrogens with zero attached hydrogens (tertiary/aromatic N) is 1. The zero-order valence-corrected chi connectivity index (χ0v) is 8.00. The molecule has 0 radical (unpaired) electrons. The normalized spacial score (nSPS) is 27.7. The van der Waals surface area contributed by atoms with E-state index in [4.69, 9.17) is 0 Å². The highest BCUT2D eigenvalue weighted by Crippen LogP contribution is 2.17. The number of carbonyl (C=O) groups excluding carboxylic acids is 1. The van der Waals surface area contributed by atoms with Crippen molar-refractivity contribution < 1.29 is 9.00 Å². The van der Waals surface area contributed by atoms with Crippen LogP contribution in [0.15, 0.2) is 24.5 Å². The van der Waals surface area contributed by atoms with Crippen molar-refractivity contribution in [2.45, 2.75) is 18.1 Å². The molecule has 1 aliphatic rings. The summed E-state index contributed by atoms with van der Waals surface area (Å²) < 4.78 is 12.9. The van der Waals surface area contributed by atoms with Crippen molar-refractivity contribution in [1.82, 2.24) is 4.57 Å². The number of hydrogen-bond acceptors (Lipinski definition) is 2. The van der Waals surface area contributed by atoms with Crippen LogP contribution in [0.5, 0.6) is 0 Å². The topological polar surface area (TPSA) is 39.1 Å². The van der Waals surface area contributed by atoms with Crippen LogP contribution in [0.1, 0.15) is 17.6 Å². The summed E-state index contributed by atoms with van der Waals surface area (Å²) in [6.07, 6.45) is 5.09. The van der Waals surface area contributed by atoms with Gasteiger partial charge < -0.3 is 0 Å². The Morgan fingerprint density at radius 2 is 2.08 bits per heavy atom. The molecule has 13 heavy (non-hydrogen) atoms. The molecule has 1 fully saturated rings. The fourth-order valence-electron chi connectivity index (χ4n) is 1.57. The second-order valence-electron chi connectivity index (χ2n) is 3.14. The van der Waals surface area contributed by atoms with Gasteiger partial charge in [0.1, 0.15) is 5.25 Å². The Morgan fingerprint density at radius 1 is 1.38 bits per heavy atom. The Hall–Kier alpha value is -0.900. The monoisotopic (exact) mass is 197 g/mol. The molecule has 2 rings (SSSR count). The minimum atomic E-state index is -0.946. The highest BCUT2D eigenvalue weighted by molar-refractivity contribution is 7.86. The molecule has 70 valence electrons. The lowest BCUT2D eigenvalue weighted by Gasteiger charge is -2.07. The van der Waals surface area contributed by atoms with Crippen LogP contribution >= 0.6 is 0 Å². The summed E-state index contributed by atoms with van der Waals surface area (Å²) in [6, 6.07) is 3.60. The third-order valence-electron chi connectivity index (χ3n) is 2.26. The van der Waals surface area contributed by atoms with Crippen LogP contribution in [0.2, 0.25) is 0 Å². The van der Waals surface area contributed by atoms with Crippen LogP contribution < -0.4 is 0 Å². The molecule has 1 aromatic heterocycles. The summed E-state index contributed by atoms with van der Waals surface area (Å²) in [5, 5.41) is -0.271. The van der Waals surface area contributed by atoms with Gasteiger partial charge in [-0.1, -0.05) is 0 Å². The second-order valence-corrected chi connectivity index (χ2v) is 4.88. The van der Waals surface area contributed by atoms with Gasteiger partial charge in [-0.15, -0.1) is 0 Å². The fraction of sp³-hybridized carbons (Fsp3) is 0.444. The first-order chi connectivity index (χ1) is 6.29. The van der Waals surface area contributed by atoms with Crippen molar-refractivity contribution in [3.05, 3.63) is 24.5 Å². The molecule has 0 aliphatic carbocycles. The van der Waals surface area contributed by atoms with E-state index in [1.165, 1.54) is 4.57 Å². The van der Waals surface area contributed by atoms with Crippen LogP contribution in [0, 0.1) is 0 Å². The van der Waals surface area contributed by atoms with E-state index >= 15 is 0 Å². The molecular weight excluding hydrogens is 186 g/mol. The Morgan fingerprint density at radius 3 is 2.62 bits per heavy atom. The van der Waals surface area contributed by atoms with Gasteiger partial charge in [-0.3, -0.25) is 13.6 Å². The third kappa shape index (κ3) is 1.58. The van der Waals surface area contributed by atoms with Crippen LogP contribution in [-0.4, -0.2) is 25.7 Å². The predicted octanol–water partition coefficient (Wildman–Crippen LogP) is 1.04. The summed E-state index contributed by atoms with van der Waals surface area (Å²) in [5.74, 6) is 0.651. The van der Waals surface area contributed by atoms with E-state index in [1.54, 1.807) is 24.5 Å². The summed E-state index contributed by atoms with van der Waals surface area (Å²) >= 11 is 0. The SMILES string of the molecule is O=C(C1CCCS1=O)n1cccc1. The minimum Gasteiger partial charge on any atom is -0.294 e. The van der Waals surface area contributed by atoms with Gasteiger partial charge in [0.15, 0.2) is 0 Å². The first-order valence-electron chi connectivity index (χ1n) is 4.33. The van der Waals surface area contributed by atoms with E-state index in [9.17, 15) is 9.00 Å². The van der Waals surface area contributed by atoms with E-state index in [-0.39, 0.29) is 11.2 Å². The Bertz CT molecular complexity index is 331. The second kappa shape index (κ2) is 3.46. The van der Waals surface area contributed by atoms with E-state index in [1.807, 2.05) is 0 Å². The van der Waals surface area contributed by atoms with Gasteiger partial charge in [0.2, 0.25) is 5.91 Å². The van der Waals surface area contributed by atoms with Crippen molar-refractivity contribution in [2.24, 2.45) is 0 Å². The highest BCUT2D eigenvalue weighted by atomic mass is 32.2. The standard InChI is InChI=1S/C9H11NO2S/c11-9(10-5-1-2-6-10)8-4-3-7-13(8)12/h1-2,5-6,8H,3-4,7H2. The Balaban J connectivity index is 2.18. The number of hydrogen-bond donors (Lipinski definition) is 0. The summed E-state index contributed by atoms with van der Waals surface area (Å²) in [5.41, 5.74) is 0. The van der Waals surface area contributed by atoms with E-state index in [0.717, 1.165) is 12.8 Å². The Labute approximate surface area is 79.2 Å². The zero-order chi connectivity index (χ0) is 9.26. The molecule has 0 bridgehead atoms. The number of aromatic nitrogens is 1. The third-order valence-corrected chi connectivity index (χ3v) is 4.03. The van der Waals surface area contributed by atoms with E-state index < -0.39 is 10.8 Å². The maximum absolute atomic E-state index is 11.7. The highest BCUT2D eigenvalue weighted by Gasteiger charge is 2.30. The lowest BCUT2D eigenvalue weighted by Crippen LogP contribution is -2.26. The minimum absolute atomic E-state index is 0.0270. The summed E-state index contributed by atoms with van der Waals surface area (Å²) in [6.45, 7) is 0. The molecule has 0 N–H and O–H groups in total. The lowest BCUT2D eigenvalue weighted by molar-refractivity contribution is 0.0908. The molecule has 0 amide bonds. The first-order valence-corrected chi connectivity index (χ1v) is 5.71. The molecule has 2 unspecified atom stereocenters. The van der Waals surface area contributed by atoms with Crippen molar-refractivity contribution in [3.8, 4) is 0 Å². The molecule has 1 aliphatic heterocycles. The van der Waals surface area contributed by atoms with Crippen molar-refractivity contribution >= 4 is 16.7 Å². The van der Waals surface area contributed by atoms with Crippen molar-refractivity contribution in [1.29, 1.82) is 0 Å². The lowest BCUT2D eigenvalue weighted by atomic mass is 10.2. The fourth-order valence-corrected chi connectivity index (χ4v) is 3.08. The van der Waals surface area contributed by atoms with E-state index in [0.29, 0.717) is 5.75 Å². The van der Waals surface area contributed by atoms with Gasteiger partial charge in [0.25, 0.3) is 0 Å². The largest absolute Gasteiger partial charge is 0.294 e. The molecule has 1 saturated heterocycles. The number of rotatable bonds is 1. The average molecular weight is 197 g/mol. The molecule has 0 spiro atoms. The average Bonchev–Trinajstić information content (AvgIpc) is 2.72. The summed E-state index contributed by atoms with van der Waals surface area (Å²) in [4.78, 5) is 11.7. The Kier molecular flexibility index (Phi) is 2.31. The van der Waals surface area contributed by atoms with Crippen molar-refractivity contribution in [3.63, 3.8) is 0 Å². The van der Waals surface area contributed by atoms with Crippen LogP contribution in [0.25, 0.3) is 0 Å². The van der Waals surface area contributed by atoms with Gasteiger partial charge in [0, 0.05) is 28.9 Å². The quantitative estimate of drug-likeness (QED) is 0.674. The van der Waals surface area contributed by atoms with Crippen LogP contribution in [0.3, 0.4) is 0 Å². The van der Waals surface area contributed by atoms with Gasteiger partial charge >= 0.3 is 0 Å². The molecular formula is C9H11NO2S. The van der Waals surface area contributed by atoms with Crippen LogP contribution in [0.4, 0.5) is 0 Å². The van der Waals surface area contributed by atoms with Crippen molar-refractivity contribution in [2.75, 3.05) is 5.75 Å². The van der Waals surface area contributed by atoms with Gasteiger partial charge in [-0.2, -0.15) is 0 Å². The zero-order valence-electron chi connectivity index (χ0n) is 7.18. The smallest absolute Gasteiger partial charge is 0.246 e. The molecule has 4 heteroatoms. The van der Waals surface area contributed by atoms with E-state index in [2.05, 4.69) is 0 Å². The van der Waals surface area contributed by atoms with Gasteiger partial charge in [0.05, 0.1) is 0 Å². The van der Waals surface area contributed by atoms with Gasteiger partial charge in [-0.25, -0.2) is 0 Å². The molecule has 3 nitrogen and oxygen atoms in total. The molecule has 2 atom stereocenters. The maximum Gasteiger partial charge on any atom is 0.246 e. The molecule has 2 heterocycles. The molecule has 0 aromatic carbocycles. The molecule has 0 saturated carbocycles. The molecule has 1 aromatic rings. The summed E-state index contributed by atoms with van der Waals surface area (Å²) in [7, 11) is -0.946. The predicted molar refractivity (Wildman–Crippen MR) is 51.1 cm³/mol.